The molecule has 0 amide bonds. The van der Waals surface area contributed by atoms with Crippen LogP contribution in [-0.4, -0.2) is 30.0 Å². The predicted molar refractivity (Wildman–Crippen MR) is 50.4 cm³/mol. The molecule has 0 saturated carbocycles. The van der Waals surface area contributed by atoms with Crippen LogP contribution in [0.3, 0.4) is 0 Å². The fourth-order valence-electron chi connectivity index (χ4n) is 0.723. The van der Waals surface area contributed by atoms with E-state index >= 15 is 0 Å². The minimum Gasteiger partial charge on any atom is -0.378 e. The zero-order valence-electron chi connectivity index (χ0n) is 7.13. The Balaban J connectivity index is 3.40. The van der Waals surface area contributed by atoms with Crippen molar-refractivity contribution in [3.8, 4) is 0 Å². The second-order valence-corrected chi connectivity index (χ2v) is 2.97. The third kappa shape index (κ3) is 4.74. The Bertz CT molecular complexity index is 87.3. The Morgan fingerprint density at radius 3 is 2.30 bits per heavy atom. The highest BCUT2D eigenvalue weighted by molar-refractivity contribution is 7.98. The van der Waals surface area contributed by atoms with E-state index in [0.29, 0.717) is 0 Å². The van der Waals surface area contributed by atoms with E-state index in [2.05, 4.69) is 37.3 Å². The van der Waals surface area contributed by atoms with Crippen molar-refractivity contribution in [2.24, 2.45) is 0 Å². The summed E-state index contributed by atoms with van der Waals surface area (Å²) < 4.78 is 0. The van der Waals surface area contributed by atoms with Gasteiger partial charge in [0.2, 0.25) is 0 Å². The summed E-state index contributed by atoms with van der Waals surface area (Å²) in [5, 5.41) is 0. The Morgan fingerprint density at radius 1 is 1.30 bits per heavy atom. The lowest BCUT2D eigenvalue weighted by atomic mass is 10.5. The predicted octanol–water partition coefficient (Wildman–Crippen LogP) is 2.20. The summed E-state index contributed by atoms with van der Waals surface area (Å²) in [6.07, 6.45) is 6.50. The van der Waals surface area contributed by atoms with Gasteiger partial charge in [-0.25, -0.2) is 0 Å². The van der Waals surface area contributed by atoms with E-state index in [4.69, 9.17) is 0 Å². The lowest BCUT2D eigenvalue weighted by Gasteiger charge is -2.14. The van der Waals surface area contributed by atoms with Gasteiger partial charge in [0.25, 0.3) is 0 Å². The molecule has 0 aliphatic heterocycles. The summed E-state index contributed by atoms with van der Waals surface area (Å²) >= 11 is 1.85. The monoisotopic (exact) mass is 159 g/mol. The molecule has 0 radical (unpaired) electrons. The molecule has 0 spiro atoms. The fourth-order valence-corrected chi connectivity index (χ4v) is 1.00. The third-order valence-electron chi connectivity index (χ3n) is 1.39. The van der Waals surface area contributed by atoms with E-state index in [0.717, 1.165) is 18.8 Å². The van der Waals surface area contributed by atoms with Gasteiger partial charge in [-0.05, 0) is 26.3 Å². The molecule has 0 aliphatic rings. The van der Waals surface area contributed by atoms with Gasteiger partial charge in [0.05, 0.1) is 0 Å². The molecule has 0 aromatic rings. The van der Waals surface area contributed by atoms with Gasteiger partial charge in [-0.2, -0.15) is 11.8 Å². The normalized spacial score (nSPS) is 10.7. The summed E-state index contributed by atoms with van der Waals surface area (Å²) in [6, 6.07) is 0. The Hall–Kier alpha value is -0.110. The molecule has 10 heavy (non-hydrogen) atoms. The molecule has 2 heteroatoms. The summed E-state index contributed by atoms with van der Waals surface area (Å²) in [5.41, 5.74) is 0. The van der Waals surface area contributed by atoms with Crippen LogP contribution in [0.2, 0.25) is 0 Å². The van der Waals surface area contributed by atoms with Gasteiger partial charge in [0.1, 0.15) is 0 Å². The first-order valence-corrected chi connectivity index (χ1v) is 5.14. The molecule has 60 valence electrons. The number of nitrogens with zero attached hydrogens (tertiary/aromatic N) is 1. The number of hydrogen-bond donors (Lipinski definition) is 0. The molecular formula is C8H17NS. The highest BCUT2D eigenvalue weighted by Crippen LogP contribution is 1.94. The first-order valence-electron chi connectivity index (χ1n) is 3.74. The molecule has 0 saturated heterocycles. The van der Waals surface area contributed by atoms with E-state index in [1.54, 1.807) is 0 Å². The second kappa shape index (κ2) is 7.00. The number of rotatable bonds is 5. The topological polar surface area (TPSA) is 3.24 Å². The van der Waals surface area contributed by atoms with Crippen molar-refractivity contribution in [2.75, 3.05) is 25.1 Å². The molecule has 1 nitrogen and oxygen atoms in total. The van der Waals surface area contributed by atoms with Crippen LogP contribution in [0.15, 0.2) is 12.3 Å². The summed E-state index contributed by atoms with van der Waals surface area (Å²) in [5.74, 6) is 1.12. The van der Waals surface area contributed by atoms with Gasteiger partial charge >= 0.3 is 0 Å². The van der Waals surface area contributed by atoms with Crippen molar-refractivity contribution in [1.82, 2.24) is 4.90 Å². The van der Waals surface area contributed by atoms with Gasteiger partial charge in [0, 0.05) is 18.8 Å². The van der Waals surface area contributed by atoms with Crippen LogP contribution in [-0.2, 0) is 0 Å². The van der Waals surface area contributed by atoms with E-state index in [1.807, 2.05) is 11.8 Å². The molecule has 0 atom stereocenters. The highest BCUT2D eigenvalue weighted by Gasteiger charge is 1.86. The molecule has 0 heterocycles. The van der Waals surface area contributed by atoms with Gasteiger partial charge in [-0.3, -0.25) is 0 Å². The van der Waals surface area contributed by atoms with Gasteiger partial charge in [-0.15, -0.1) is 0 Å². The highest BCUT2D eigenvalue weighted by atomic mass is 32.2. The van der Waals surface area contributed by atoms with Crippen molar-refractivity contribution >= 4 is 11.8 Å². The zero-order chi connectivity index (χ0) is 7.82. The molecule has 0 aromatic heterocycles. The first-order chi connectivity index (χ1) is 4.85. The summed E-state index contributed by atoms with van der Waals surface area (Å²) in [4.78, 5) is 2.29. The maximum absolute atomic E-state index is 2.29. The minimum atomic E-state index is 1.11. The van der Waals surface area contributed by atoms with Gasteiger partial charge < -0.3 is 4.90 Å². The average molecular weight is 159 g/mol. The molecule has 0 fully saturated rings. The van der Waals surface area contributed by atoms with Crippen LogP contribution < -0.4 is 0 Å². The van der Waals surface area contributed by atoms with Crippen LogP contribution in [0.1, 0.15) is 13.8 Å². The average Bonchev–Trinajstić information content (AvgIpc) is 1.99. The maximum atomic E-state index is 2.29. The number of hydrogen-bond acceptors (Lipinski definition) is 2. The van der Waals surface area contributed by atoms with Crippen LogP contribution in [0, 0.1) is 0 Å². The van der Waals surface area contributed by atoms with Crippen LogP contribution in [0.5, 0.6) is 0 Å². The molecule has 0 aromatic carbocycles. The third-order valence-corrected chi connectivity index (χ3v) is 1.92. The van der Waals surface area contributed by atoms with E-state index in [-0.39, 0.29) is 0 Å². The van der Waals surface area contributed by atoms with Crippen LogP contribution in [0.4, 0.5) is 0 Å². The summed E-state index contributed by atoms with van der Waals surface area (Å²) in [7, 11) is 0. The fraction of sp³-hybridized carbons (Fsp3) is 0.750. The van der Waals surface area contributed by atoms with E-state index in [1.165, 1.54) is 0 Å². The standard InChI is InChI=1S/C8H17NS/c1-4-9(5-2)7-6-8-10-3/h6-7H,4-5,8H2,1-3H3. The zero-order valence-corrected chi connectivity index (χ0v) is 7.95. The molecule has 0 aliphatic carbocycles. The Kier molecular flexibility index (Phi) is 6.93. The van der Waals surface area contributed by atoms with E-state index < -0.39 is 0 Å². The molecule has 0 rings (SSSR count). The van der Waals surface area contributed by atoms with E-state index in [9.17, 15) is 0 Å². The quantitative estimate of drug-likeness (QED) is 0.605. The largest absolute Gasteiger partial charge is 0.378 e. The lowest BCUT2D eigenvalue weighted by Crippen LogP contribution is -2.15. The molecule has 0 unspecified atom stereocenters. The van der Waals surface area contributed by atoms with Gasteiger partial charge in [0.15, 0.2) is 0 Å². The summed E-state index contributed by atoms with van der Waals surface area (Å²) in [6.45, 7) is 6.57. The van der Waals surface area contributed by atoms with Gasteiger partial charge in [-0.1, -0.05) is 6.08 Å². The molecule has 0 N–H and O–H groups in total. The lowest BCUT2D eigenvalue weighted by molar-refractivity contribution is 0.418. The molecular weight excluding hydrogens is 142 g/mol. The van der Waals surface area contributed by atoms with Crippen molar-refractivity contribution in [1.29, 1.82) is 0 Å². The SMILES string of the molecule is CCN(C=CCSC)CC. The first kappa shape index (κ1) is 9.89. The van der Waals surface area contributed by atoms with Crippen molar-refractivity contribution in [2.45, 2.75) is 13.8 Å². The van der Waals surface area contributed by atoms with Crippen LogP contribution in [0.25, 0.3) is 0 Å². The molecule has 0 bridgehead atoms. The van der Waals surface area contributed by atoms with Crippen LogP contribution >= 0.6 is 11.8 Å². The Labute approximate surface area is 68.5 Å². The number of thioether (sulfide) groups is 1. The van der Waals surface area contributed by atoms with Crippen molar-refractivity contribution in [3.05, 3.63) is 12.3 Å². The van der Waals surface area contributed by atoms with Crippen molar-refractivity contribution < 1.29 is 0 Å². The van der Waals surface area contributed by atoms with Crippen molar-refractivity contribution in [3.63, 3.8) is 0 Å². The second-order valence-electron chi connectivity index (χ2n) is 2.06. The smallest absolute Gasteiger partial charge is 0.0143 e. The Morgan fingerprint density at radius 2 is 1.90 bits per heavy atom. The minimum absolute atomic E-state index is 1.11. The maximum Gasteiger partial charge on any atom is 0.0143 e.